The normalized spacial score (nSPS) is 16.9. The van der Waals surface area contributed by atoms with Crippen LogP contribution in [0.3, 0.4) is 0 Å². The van der Waals surface area contributed by atoms with Gasteiger partial charge in [-0.3, -0.25) is 4.90 Å². The predicted molar refractivity (Wildman–Crippen MR) is 130 cm³/mol. The van der Waals surface area contributed by atoms with Crippen molar-refractivity contribution in [1.29, 1.82) is 0 Å². The number of benzene rings is 2. The van der Waals surface area contributed by atoms with Gasteiger partial charge in [0.25, 0.3) is 0 Å². The zero-order chi connectivity index (χ0) is 24.1. The van der Waals surface area contributed by atoms with Gasteiger partial charge in [0.15, 0.2) is 0 Å². The molecule has 7 nitrogen and oxygen atoms in total. The van der Waals surface area contributed by atoms with E-state index in [1.807, 2.05) is 45.0 Å². The van der Waals surface area contributed by atoms with Crippen molar-refractivity contribution in [3.63, 3.8) is 0 Å². The Morgan fingerprint density at radius 2 is 1.62 bits per heavy atom. The highest BCUT2D eigenvalue weighted by Crippen LogP contribution is 2.44. The van der Waals surface area contributed by atoms with Gasteiger partial charge in [-0.25, -0.2) is 9.59 Å². The summed E-state index contributed by atoms with van der Waals surface area (Å²) in [4.78, 5) is 27.8. The molecule has 1 heterocycles. The number of esters is 1. The molecule has 0 aromatic heterocycles. The lowest BCUT2D eigenvalue weighted by Gasteiger charge is -2.29. The zero-order valence-electron chi connectivity index (χ0n) is 20.2. The SMILES string of the molecule is CC(C)(C)OC(=O)C(CCN1CCOCC1)NC(=O)OCC1c2ccccc2-c2ccccc21. The Morgan fingerprint density at radius 1 is 1.03 bits per heavy atom. The predicted octanol–water partition coefficient (Wildman–Crippen LogP) is 3.96. The summed E-state index contributed by atoms with van der Waals surface area (Å²) >= 11 is 0. The molecule has 1 saturated heterocycles. The van der Waals surface area contributed by atoms with E-state index in [2.05, 4.69) is 34.5 Å². The number of nitrogens with zero attached hydrogens (tertiary/aromatic N) is 1. The number of rotatable bonds is 7. The summed E-state index contributed by atoms with van der Waals surface area (Å²) in [6, 6.07) is 15.6. The Balaban J connectivity index is 1.39. The van der Waals surface area contributed by atoms with Crippen LogP contribution in [-0.2, 0) is 19.0 Å². The second kappa shape index (κ2) is 10.6. The second-order valence-corrected chi connectivity index (χ2v) is 9.80. The molecule has 2 aromatic carbocycles. The topological polar surface area (TPSA) is 77.1 Å². The third kappa shape index (κ3) is 5.96. The first-order chi connectivity index (χ1) is 16.3. The second-order valence-electron chi connectivity index (χ2n) is 9.80. The summed E-state index contributed by atoms with van der Waals surface area (Å²) in [6.45, 7) is 9.29. The molecule has 0 saturated carbocycles. The Kier molecular flexibility index (Phi) is 7.54. The van der Waals surface area contributed by atoms with Gasteiger partial charge in [-0.15, -0.1) is 0 Å². The summed E-state index contributed by atoms with van der Waals surface area (Å²) in [5.41, 5.74) is 3.99. The van der Waals surface area contributed by atoms with Gasteiger partial charge in [0.2, 0.25) is 0 Å². The van der Waals surface area contributed by atoms with Crippen LogP contribution in [0.15, 0.2) is 48.5 Å². The standard InChI is InChI=1S/C27H34N2O5/c1-27(2,3)34-25(30)24(12-13-29-14-16-32-17-15-29)28-26(31)33-18-23-21-10-6-4-8-19(21)20-9-5-7-11-22(20)23/h4-11,23-24H,12-18H2,1-3H3,(H,28,31). The van der Waals surface area contributed by atoms with Gasteiger partial charge in [0, 0.05) is 25.6 Å². The molecular formula is C27H34N2O5. The summed E-state index contributed by atoms with van der Waals surface area (Å²) in [5, 5.41) is 2.76. The Morgan fingerprint density at radius 3 is 2.21 bits per heavy atom. The molecule has 4 rings (SSSR count). The van der Waals surface area contributed by atoms with Crippen molar-refractivity contribution in [2.24, 2.45) is 0 Å². The molecule has 1 atom stereocenters. The molecule has 7 heteroatoms. The zero-order valence-corrected chi connectivity index (χ0v) is 20.2. The molecule has 1 aliphatic carbocycles. The largest absolute Gasteiger partial charge is 0.458 e. The van der Waals surface area contributed by atoms with Gasteiger partial charge in [-0.2, -0.15) is 0 Å². The van der Waals surface area contributed by atoms with E-state index < -0.39 is 23.7 Å². The van der Waals surface area contributed by atoms with Crippen LogP contribution in [0.4, 0.5) is 4.79 Å². The van der Waals surface area contributed by atoms with Gasteiger partial charge in [-0.05, 0) is 49.4 Å². The number of amides is 1. The molecule has 0 radical (unpaired) electrons. The number of nitrogens with one attached hydrogen (secondary N) is 1. The van der Waals surface area contributed by atoms with E-state index in [1.165, 1.54) is 11.1 Å². The van der Waals surface area contributed by atoms with Crippen LogP contribution in [0.25, 0.3) is 11.1 Å². The highest BCUT2D eigenvalue weighted by molar-refractivity contribution is 5.82. The van der Waals surface area contributed by atoms with E-state index in [4.69, 9.17) is 14.2 Å². The lowest BCUT2D eigenvalue weighted by atomic mass is 9.98. The lowest BCUT2D eigenvalue weighted by Crippen LogP contribution is -2.47. The number of carbonyl (C=O) groups is 2. The number of alkyl carbamates (subject to hydrolysis) is 1. The lowest BCUT2D eigenvalue weighted by molar-refractivity contribution is -0.157. The molecule has 2 aliphatic rings. The highest BCUT2D eigenvalue weighted by Gasteiger charge is 2.31. The third-order valence-electron chi connectivity index (χ3n) is 6.16. The van der Waals surface area contributed by atoms with Crippen LogP contribution in [0.5, 0.6) is 0 Å². The van der Waals surface area contributed by atoms with Gasteiger partial charge in [0.05, 0.1) is 13.2 Å². The molecule has 34 heavy (non-hydrogen) atoms. The first-order valence-corrected chi connectivity index (χ1v) is 12.0. The maximum atomic E-state index is 12.8. The third-order valence-corrected chi connectivity index (χ3v) is 6.16. The molecule has 1 aliphatic heterocycles. The molecule has 0 bridgehead atoms. The smallest absolute Gasteiger partial charge is 0.407 e. The van der Waals surface area contributed by atoms with Crippen LogP contribution in [0, 0.1) is 0 Å². The van der Waals surface area contributed by atoms with Gasteiger partial charge >= 0.3 is 12.1 Å². The molecule has 2 aromatic rings. The van der Waals surface area contributed by atoms with E-state index >= 15 is 0 Å². The van der Waals surface area contributed by atoms with Crippen molar-refractivity contribution in [2.75, 3.05) is 39.5 Å². The number of morpholine rings is 1. The Hall–Kier alpha value is -2.90. The number of hydrogen-bond donors (Lipinski definition) is 1. The average molecular weight is 467 g/mol. The fraction of sp³-hybridized carbons (Fsp3) is 0.481. The minimum atomic E-state index is -0.780. The summed E-state index contributed by atoms with van der Waals surface area (Å²) in [6.07, 6.45) is -0.168. The molecule has 1 N–H and O–H groups in total. The fourth-order valence-corrected chi connectivity index (χ4v) is 4.54. The van der Waals surface area contributed by atoms with Gasteiger partial charge in [0.1, 0.15) is 18.2 Å². The first-order valence-electron chi connectivity index (χ1n) is 12.0. The van der Waals surface area contributed by atoms with E-state index in [0.29, 0.717) is 26.2 Å². The van der Waals surface area contributed by atoms with Crippen LogP contribution in [-0.4, -0.2) is 68.1 Å². The minimum Gasteiger partial charge on any atom is -0.458 e. The first kappa shape index (κ1) is 24.2. The van der Waals surface area contributed by atoms with Crippen LogP contribution < -0.4 is 5.32 Å². The van der Waals surface area contributed by atoms with Crippen LogP contribution >= 0.6 is 0 Å². The minimum absolute atomic E-state index is 0.0357. The van der Waals surface area contributed by atoms with Crippen LogP contribution in [0.1, 0.15) is 44.2 Å². The highest BCUT2D eigenvalue weighted by atomic mass is 16.6. The van der Waals surface area contributed by atoms with Gasteiger partial charge < -0.3 is 19.5 Å². The van der Waals surface area contributed by atoms with E-state index in [0.717, 1.165) is 24.2 Å². The fourth-order valence-electron chi connectivity index (χ4n) is 4.54. The van der Waals surface area contributed by atoms with E-state index in [1.54, 1.807) is 0 Å². The number of carbonyl (C=O) groups excluding carboxylic acids is 2. The van der Waals surface area contributed by atoms with Crippen molar-refractivity contribution in [3.05, 3.63) is 59.7 Å². The number of hydrogen-bond acceptors (Lipinski definition) is 6. The van der Waals surface area contributed by atoms with Crippen molar-refractivity contribution in [3.8, 4) is 11.1 Å². The van der Waals surface area contributed by atoms with Crippen molar-refractivity contribution in [2.45, 2.75) is 44.8 Å². The van der Waals surface area contributed by atoms with E-state index in [-0.39, 0.29) is 12.5 Å². The monoisotopic (exact) mass is 466 g/mol. The maximum Gasteiger partial charge on any atom is 0.407 e. The molecule has 1 unspecified atom stereocenters. The molecule has 1 fully saturated rings. The quantitative estimate of drug-likeness (QED) is 0.623. The summed E-state index contributed by atoms with van der Waals surface area (Å²) in [7, 11) is 0. The molecule has 182 valence electrons. The molecule has 0 spiro atoms. The Labute approximate surface area is 201 Å². The van der Waals surface area contributed by atoms with Crippen molar-refractivity contribution in [1.82, 2.24) is 10.2 Å². The van der Waals surface area contributed by atoms with E-state index in [9.17, 15) is 9.59 Å². The number of fused-ring (bicyclic) bond motifs is 3. The Bertz CT molecular complexity index is 965. The van der Waals surface area contributed by atoms with Crippen LogP contribution in [0.2, 0.25) is 0 Å². The number of ether oxygens (including phenoxy) is 3. The molecule has 1 amide bonds. The van der Waals surface area contributed by atoms with Crippen molar-refractivity contribution < 1.29 is 23.8 Å². The maximum absolute atomic E-state index is 12.8. The molecular weight excluding hydrogens is 432 g/mol. The summed E-state index contributed by atoms with van der Waals surface area (Å²) < 4.78 is 16.6. The van der Waals surface area contributed by atoms with Crippen molar-refractivity contribution >= 4 is 12.1 Å². The average Bonchev–Trinajstić information content (AvgIpc) is 3.13. The summed E-state index contributed by atoms with van der Waals surface area (Å²) in [5.74, 6) is -0.485. The van der Waals surface area contributed by atoms with Gasteiger partial charge in [-0.1, -0.05) is 48.5 Å².